The molecule has 1 rings (SSSR count). The molecule has 1 N–H and O–H groups in total. The summed E-state index contributed by atoms with van der Waals surface area (Å²) in [6.45, 7) is 2.06. The Labute approximate surface area is 116 Å². The molecule has 0 saturated heterocycles. The highest BCUT2D eigenvalue weighted by atomic mass is 19.4. The minimum atomic E-state index is -4.73. The van der Waals surface area contributed by atoms with Gasteiger partial charge in [0.05, 0.1) is 0 Å². The molecular formula is C14H18F3NO2. The number of benzene rings is 1. The van der Waals surface area contributed by atoms with E-state index in [4.69, 9.17) is 0 Å². The van der Waals surface area contributed by atoms with Crippen LogP contribution in [0, 0.1) is 0 Å². The Hall–Kier alpha value is -1.72. The van der Waals surface area contributed by atoms with Gasteiger partial charge in [0.1, 0.15) is 5.75 Å². The standard InChI is InChI=1S/C14H18F3NO2/c1-2-3-4-9-13(19)18-10-11-7-5-6-8-12(11)20-14(15,16)17/h5-8H,2-4,9-10H2,1H3,(H,18,19). The molecule has 1 aromatic rings. The van der Waals surface area contributed by atoms with Gasteiger partial charge < -0.3 is 10.1 Å². The van der Waals surface area contributed by atoms with Crippen molar-refractivity contribution in [1.82, 2.24) is 5.32 Å². The van der Waals surface area contributed by atoms with Crippen LogP contribution in [0.15, 0.2) is 24.3 Å². The third-order valence-corrected chi connectivity index (χ3v) is 2.68. The zero-order chi connectivity index (χ0) is 15.0. The minimum absolute atomic E-state index is 0.0250. The van der Waals surface area contributed by atoms with Crippen molar-refractivity contribution in [3.05, 3.63) is 29.8 Å². The second-order valence-corrected chi connectivity index (χ2v) is 4.39. The van der Waals surface area contributed by atoms with Gasteiger partial charge in [0, 0.05) is 18.5 Å². The molecule has 0 aliphatic rings. The van der Waals surface area contributed by atoms with Crippen LogP contribution in [0.1, 0.15) is 38.2 Å². The van der Waals surface area contributed by atoms with E-state index in [1.165, 1.54) is 18.2 Å². The lowest BCUT2D eigenvalue weighted by Gasteiger charge is -2.13. The van der Waals surface area contributed by atoms with Crippen molar-refractivity contribution >= 4 is 5.91 Å². The summed E-state index contributed by atoms with van der Waals surface area (Å²) in [5, 5.41) is 2.60. The second kappa shape index (κ2) is 7.77. The van der Waals surface area contributed by atoms with Gasteiger partial charge in [0.2, 0.25) is 5.91 Å². The molecule has 0 radical (unpaired) electrons. The smallest absolute Gasteiger partial charge is 0.405 e. The van der Waals surface area contributed by atoms with Crippen LogP contribution >= 0.6 is 0 Å². The normalized spacial score (nSPS) is 11.2. The maximum Gasteiger partial charge on any atom is 0.573 e. The first kappa shape index (κ1) is 16.3. The fraction of sp³-hybridized carbons (Fsp3) is 0.500. The molecule has 0 aliphatic heterocycles. The van der Waals surface area contributed by atoms with Crippen molar-refractivity contribution in [2.45, 2.75) is 45.5 Å². The molecule has 112 valence electrons. The van der Waals surface area contributed by atoms with Crippen molar-refractivity contribution in [1.29, 1.82) is 0 Å². The molecule has 20 heavy (non-hydrogen) atoms. The number of nitrogens with one attached hydrogen (secondary N) is 1. The highest BCUT2D eigenvalue weighted by molar-refractivity contribution is 5.75. The molecule has 1 aromatic carbocycles. The first-order valence-electron chi connectivity index (χ1n) is 6.52. The Morgan fingerprint density at radius 2 is 1.95 bits per heavy atom. The molecule has 3 nitrogen and oxygen atoms in total. The van der Waals surface area contributed by atoms with Crippen LogP contribution in [-0.4, -0.2) is 12.3 Å². The Bertz CT molecular complexity index is 433. The maximum absolute atomic E-state index is 12.2. The van der Waals surface area contributed by atoms with E-state index < -0.39 is 6.36 Å². The number of amides is 1. The van der Waals surface area contributed by atoms with Crippen LogP contribution in [-0.2, 0) is 11.3 Å². The number of alkyl halides is 3. The van der Waals surface area contributed by atoms with E-state index in [9.17, 15) is 18.0 Å². The van der Waals surface area contributed by atoms with Gasteiger partial charge in [-0.3, -0.25) is 4.79 Å². The van der Waals surface area contributed by atoms with Crippen LogP contribution in [0.2, 0.25) is 0 Å². The van der Waals surface area contributed by atoms with Gasteiger partial charge in [-0.1, -0.05) is 38.0 Å². The van der Waals surface area contributed by atoms with Gasteiger partial charge >= 0.3 is 6.36 Å². The summed E-state index contributed by atoms with van der Waals surface area (Å²) in [4.78, 5) is 11.5. The van der Waals surface area contributed by atoms with Gasteiger partial charge in [-0.2, -0.15) is 0 Å². The lowest BCUT2D eigenvalue weighted by Crippen LogP contribution is -2.24. The van der Waals surface area contributed by atoms with Gasteiger partial charge in [0.15, 0.2) is 0 Å². The van der Waals surface area contributed by atoms with E-state index in [0.29, 0.717) is 12.0 Å². The molecule has 0 saturated carbocycles. The Kier molecular flexibility index (Phi) is 6.35. The first-order valence-corrected chi connectivity index (χ1v) is 6.52. The molecule has 0 fully saturated rings. The molecule has 0 unspecified atom stereocenters. The van der Waals surface area contributed by atoms with Crippen molar-refractivity contribution < 1.29 is 22.7 Å². The quantitative estimate of drug-likeness (QED) is 0.776. The Morgan fingerprint density at radius 3 is 2.60 bits per heavy atom. The third kappa shape index (κ3) is 6.45. The molecule has 0 bridgehead atoms. The fourth-order valence-electron chi connectivity index (χ4n) is 1.69. The van der Waals surface area contributed by atoms with Crippen LogP contribution < -0.4 is 10.1 Å². The number of hydrogen-bond acceptors (Lipinski definition) is 2. The number of rotatable bonds is 7. The predicted molar refractivity (Wildman–Crippen MR) is 69.1 cm³/mol. The second-order valence-electron chi connectivity index (χ2n) is 4.39. The molecular weight excluding hydrogens is 271 g/mol. The van der Waals surface area contributed by atoms with Gasteiger partial charge in [-0.15, -0.1) is 13.2 Å². The Balaban J connectivity index is 2.53. The zero-order valence-corrected chi connectivity index (χ0v) is 11.3. The SMILES string of the molecule is CCCCCC(=O)NCc1ccccc1OC(F)(F)F. The molecule has 0 atom stereocenters. The lowest BCUT2D eigenvalue weighted by molar-refractivity contribution is -0.274. The number of carbonyl (C=O) groups excluding carboxylic acids is 1. The summed E-state index contributed by atoms with van der Waals surface area (Å²) in [6.07, 6.45) is -1.60. The monoisotopic (exact) mass is 289 g/mol. The number of unbranched alkanes of at least 4 members (excludes halogenated alkanes) is 2. The summed E-state index contributed by atoms with van der Waals surface area (Å²) in [5.74, 6) is -0.450. The van der Waals surface area contributed by atoms with Gasteiger partial charge in [-0.25, -0.2) is 0 Å². The summed E-state index contributed by atoms with van der Waals surface area (Å²) in [5.41, 5.74) is 0.300. The van der Waals surface area contributed by atoms with E-state index in [-0.39, 0.29) is 18.2 Å². The predicted octanol–water partition coefficient (Wildman–Crippen LogP) is 3.78. The van der Waals surface area contributed by atoms with Gasteiger partial charge in [-0.05, 0) is 12.5 Å². The third-order valence-electron chi connectivity index (χ3n) is 2.68. The van der Waals surface area contributed by atoms with Crippen LogP contribution in [0.3, 0.4) is 0 Å². The molecule has 0 heterocycles. The molecule has 0 aromatic heterocycles. The maximum atomic E-state index is 12.2. The minimum Gasteiger partial charge on any atom is -0.405 e. The summed E-state index contributed by atoms with van der Waals surface area (Å²) >= 11 is 0. The van der Waals surface area contributed by atoms with Crippen molar-refractivity contribution in [3.63, 3.8) is 0 Å². The first-order chi connectivity index (χ1) is 9.42. The number of para-hydroxylation sites is 1. The largest absolute Gasteiger partial charge is 0.573 e. The fourth-order valence-corrected chi connectivity index (χ4v) is 1.69. The zero-order valence-electron chi connectivity index (χ0n) is 11.3. The van der Waals surface area contributed by atoms with Gasteiger partial charge in [0.25, 0.3) is 0 Å². The summed E-state index contributed by atoms with van der Waals surface area (Å²) in [6, 6.07) is 5.77. The number of ether oxygens (including phenoxy) is 1. The number of carbonyl (C=O) groups is 1. The summed E-state index contributed by atoms with van der Waals surface area (Å²) in [7, 11) is 0. The molecule has 6 heteroatoms. The van der Waals surface area contributed by atoms with E-state index in [2.05, 4.69) is 10.1 Å². The van der Waals surface area contributed by atoms with E-state index in [1.807, 2.05) is 6.92 Å². The van der Waals surface area contributed by atoms with Crippen LogP contribution in [0.25, 0.3) is 0 Å². The summed E-state index contributed by atoms with van der Waals surface area (Å²) < 4.78 is 40.6. The van der Waals surface area contributed by atoms with E-state index in [1.54, 1.807) is 6.07 Å². The topological polar surface area (TPSA) is 38.3 Å². The van der Waals surface area contributed by atoms with E-state index in [0.717, 1.165) is 19.3 Å². The number of halogens is 3. The van der Waals surface area contributed by atoms with Crippen molar-refractivity contribution in [2.75, 3.05) is 0 Å². The van der Waals surface area contributed by atoms with Crippen molar-refractivity contribution in [2.24, 2.45) is 0 Å². The molecule has 0 aliphatic carbocycles. The highest BCUT2D eigenvalue weighted by Gasteiger charge is 2.31. The molecule has 0 spiro atoms. The lowest BCUT2D eigenvalue weighted by atomic mass is 10.2. The average Bonchev–Trinajstić information content (AvgIpc) is 2.36. The number of hydrogen-bond donors (Lipinski definition) is 1. The Morgan fingerprint density at radius 1 is 1.25 bits per heavy atom. The highest BCUT2D eigenvalue weighted by Crippen LogP contribution is 2.26. The average molecular weight is 289 g/mol. The van der Waals surface area contributed by atoms with Crippen LogP contribution in [0.5, 0.6) is 5.75 Å². The molecule has 1 amide bonds. The van der Waals surface area contributed by atoms with Crippen molar-refractivity contribution in [3.8, 4) is 5.75 Å². The van der Waals surface area contributed by atoms with Crippen LogP contribution in [0.4, 0.5) is 13.2 Å². The van der Waals surface area contributed by atoms with E-state index >= 15 is 0 Å².